The average molecular weight is 347 g/mol. The van der Waals surface area contributed by atoms with Gasteiger partial charge in [0.2, 0.25) is 5.91 Å². The van der Waals surface area contributed by atoms with Crippen molar-refractivity contribution in [3.63, 3.8) is 0 Å². The molecule has 2 aromatic rings. The first-order valence-corrected chi connectivity index (χ1v) is 8.85. The molecule has 0 aliphatic carbocycles. The number of hydrogen-bond acceptors (Lipinski definition) is 6. The quantitative estimate of drug-likeness (QED) is 0.838. The lowest BCUT2D eigenvalue weighted by atomic mass is 9.79. The fourth-order valence-electron chi connectivity index (χ4n) is 2.68. The number of nitrogens with one attached hydrogen (secondary N) is 1. The van der Waals surface area contributed by atoms with E-state index in [1.54, 1.807) is 5.51 Å². The molecule has 0 unspecified atom stereocenters. The van der Waals surface area contributed by atoms with Crippen LogP contribution in [0, 0.1) is 5.41 Å². The van der Waals surface area contributed by atoms with E-state index in [-0.39, 0.29) is 5.91 Å². The molecule has 0 radical (unpaired) electrons. The summed E-state index contributed by atoms with van der Waals surface area (Å²) in [5, 5.41) is 4.92. The maximum Gasteiger partial charge on any atom is 0.232 e. The van der Waals surface area contributed by atoms with Crippen molar-refractivity contribution in [1.29, 1.82) is 0 Å². The monoisotopic (exact) mass is 347 g/mol. The van der Waals surface area contributed by atoms with Crippen LogP contribution in [-0.2, 0) is 16.1 Å². The van der Waals surface area contributed by atoms with Crippen LogP contribution in [0.25, 0.3) is 0 Å². The lowest BCUT2D eigenvalue weighted by Crippen LogP contribution is -2.46. The van der Waals surface area contributed by atoms with Crippen molar-refractivity contribution >= 4 is 22.9 Å². The molecular weight excluding hydrogens is 326 g/mol. The van der Waals surface area contributed by atoms with Gasteiger partial charge in [0, 0.05) is 36.9 Å². The second-order valence-electron chi connectivity index (χ2n) is 5.85. The summed E-state index contributed by atoms with van der Waals surface area (Å²) in [6.07, 6.45) is 1.30. The average Bonchev–Trinajstić information content (AvgIpc) is 3.14. The Labute approximate surface area is 145 Å². The van der Waals surface area contributed by atoms with Crippen molar-refractivity contribution in [1.82, 2.24) is 4.98 Å². The smallest absolute Gasteiger partial charge is 0.232 e. The summed E-state index contributed by atoms with van der Waals surface area (Å²) in [7, 11) is 0. The van der Waals surface area contributed by atoms with Gasteiger partial charge in [0.15, 0.2) is 0 Å². The van der Waals surface area contributed by atoms with E-state index in [9.17, 15) is 4.79 Å². The third kappa shape index (κ3) is 3.92. The van der Waals surface area contributed by atoms with Crippen LogP contribution < -0.4 is 15.8 Å². The number of ether oxygens (including phenoxy) is 2. The van der Waals surface area contributed by atoms with Gasteiger partial charge in [-0.2, -0.15) is 0 Å². The summed E-state index contributed by atoms with van der Waals surface area (Å²) < 4.78 is 11.1. The van der Waals surface area contributed by atoms with Crippen LogP contribution in [-0.4, -0.2) is 30.6 Å². The molecule has 2 heterocycles. The fraction of sp³-hybridized carbons (Fsp3) is 0.412. The van der Waals surface area contributed by atoms with Crippen molar-refractivity contribution in [2.75, 3.05) is 25.1 Å². The molecule has 3 N–H and O–H groups in total. The zero-order valence-electron chi connectivity index (χ0n) is 13.4. The van der Waals surface area contributed by atoms with Gasteiger partial charge in [-0.1, -0.05) is 6.07 Å². The molecule has 1 amide bonds. The molecule has 0 bridgehead atoms. The van der Waals surface area contributed by atoms with E-state index in [4.69, 9.17) is 15.2 Å². The van der Waals surface area contributed by atoms with Crippen LogP contribution in [0.15, 0.2) is 35.2 Å². The predicted octanol–water partition coefficient (Wildman–Crippen LogP) is 2.42. The van der Waals surface area contributed by atoms with Gasteiger partial charge in [0.05, 0.1) is 16.6 Å². The zero-order chi connectivity index (χ0) is 16.8. The Morgan fingerprint density at radius 1 is 1.42 bits per heavy atom. The normalized spacial score (nSPS) is 16.5. The van der Waals surface area contributed by atoms with Crippen molar-refractivity contribution in [2.45, 2.75) is 19.4 Å². The first kappa shape index (κ1) is 16.9. The molecule has 24 heavy (non-hydrogen) atoms. The van der Waals surface area contributed by atoms with Gasteiger partial charge in [-0.15, -0.1) is 11.3 Å². The number of amides is 1. The molecule has 1 aromatic carbocycles. The Hall–Kier alpha value is -1.96. The minimum atomic E-state index is -0.546. The van der Waals surface area contributed by atoms with Gasteiger partial charge in [-0.05, 0) is 25.0 Å². The van der Waals surface area contributed by atoms with Crippen molar-refractivity contribution in [3.05, 3.63) is 40.8 Å². The van der Waals surface area contributed by atoms with Gasteiger partial charge in [-0.25, -0.2) is 4.98 Å². The molecule has 7 heteroatoms. The number of anilines is 1. The highest BCUT2D eigenvalue weighted by Gasteiger charge is 2.38. The number of rotatable bonds is 6. The van der Waals surface area contributed by atoms with Gasteiger partial charge in [-0.3, -0.25) is 4.79 Å². The largest absolute Gasteiger partial charge is 0.487 e. The topological polar surface area (TPSA) is 86.5 Å². The second-order valence-corrected chi connectivity index (χ2v) is 6.57. The number of hydrogen-bond donors (Lipinski definition) is 2. The third-order valence-electron chi connectivity index (χ3n) is 4.28. The Kier molecular flexibility index (Phi) is 5.44. The standard InChI is InChI=1S/C17H21N3O3S/c18-11-17(4-6-22-7-5-17)16(21)20-13-2-1-3-15(8-13)23-9-14-10-24-12-19-14/h1-3,8,10,12H,4-7,9,11,18H2,(H,20,21). The van der Waals surface area contributed by atoms with E-state index < -0.39 is 5.41 Å². The van der Waals surface area contributed by atoms with Crippen LogP contribution in [0.4, 0.5) is 5.69 Å². The molecule has 1 saturated heterocycles. The van der Waals surface area contributed by atoms with E-state index in [1.165, 1.54) is 11.3 Å². The number of thiazole rings is 1. The SMILES string of the molecule is NCC1(C(=O)Nc2cccc(OCc3cscn3)c2)CCOCC1. The summed E-state index contributed by atoms with van der Waals surface area (Å²) in [5.41, 5.74) is 8.70. The molecule has 0 spiro atoms. The number of aromatic nitrogens is 1. The molecule has 1 aliphatic heterocycles. The Bertz CT molecular complexity index is 669. The lowest BCUT2D eigenvalue weighted by Gasteiger charge is -2.34. The van der Waals surface area contributed by atoms with Gasteiger partial charge in [0.1, 0.15) is 12.4 Å². The maximum atomic E-state index is 12.7. The lowest BCUT2D eigenvalue weighted by molar-refractivity contribution is -0.130. The summed E-state index contributed by atoms with van der Waals surface area (Å²) in [4.78, 5) is 16.9. The molecule has 6 nitrogen and oxygen atoms in total. The summed E-state index contributed by atoms with van der Waals surface area (Å²) >= 11 is 1.53. The van der Waals surface area contributed by atoms with E-state index in [0.29, 0.717) is 50.6 Å². The Balaban J connectivity index is 1.64. The Morgan fingerprint density at radius 2 is 2.25 bits per heavy atom. The van der Waals surface area contributed by atoms with Crippen LogP contribution in [0.2, 0.25) is 0 Å². The van der Waals surface area contributed by atoms with Crippen LogP contribution in [0.5, 0.6) is 5.75 Å². The number of benzene rings is 1. The highest BCUT2D eigenvalue weighted by atomic mass is 32.1. The van der Waals surface area contributed by atoms with E-state index in [2.05, 4.69) is 10.3 Å². The first-order chi connectivity index (χ1) is 11.7. The number of carbonyl (C=O) groups is 1. The van der Waals surface area contributed by atoms with E-state index >= 15 is 0 Å². The molecule has 0 saturated carbocycles. The van der Waals surface area contributed by atoms with Crippen LogP contribution >= 0.6 is 11.3 Å². The first-order valence-electron chi connectivity index (χ1n) is 7.91. The zero-order valence-corrected chi connectivity index (χ0v) is 14.2. The van der Waals surface area contributed by atoms with Gasteiger partial charge < -0.3 is 20.5 Å². The predicted molar refractivity (Wildman–Crippen MR) is 93.1 cm³/mol. The molecule has 128 valence electrons. The van der Waals surface area contributed by atoms with Crippen LogP contribution in [0.1, 0.15) is 18.5 Å². The molecule has 1 aromatic heterocycles. The van der Waals surface area contributed by atoms with Crippen molar-refractivity contribution in [3.8, 4) is 5.75 Å². The molecule has 1 aliphatic rings. The van der Waals surface area contributed by atoms with E-state index in [0.717, 1.165) is 5.69 Å². The number of nitrogens with zero attached hydrogens (tertiary/aromatic N) is 1. The molecule has 0 atom stereocenters. The second kappa shape index (κ2) is 7.74. The summed E-state index contributed by atoms with van der Waals surface area (Å²) in [6, 6.07) is 7.37. The fourth-order valence-corrected chi connectivity index (χ4v) is 3.22. The van der Waals surface area contributed by atoms with Crippen LogP contribution in [0.3, 0.4) is 0 Å². The van der Waals surface area contributed by atoms with Crippen molar-refractivity contribution < 1.29 is 14.3 Å². The molecule has 3 rings (SSSR count). The molecule has 1 fully saturated rings. The minimum absolute atomic E-state index is 0.0510. The van der Waals surface area contributed by atoms with Gasteiger partial charge >= 0.3 is 0 Å². The number of nitrogens with two attached hydrogens (primary N) is 1. The summed E-state index contributed by atoms with van der Waals surface area (Å²) in [5.74, 6) is 0.638. The molecular formula is C17H21N3O3S. The minimum Gasteiger partial charge on any atom is -0.487 e. The number of carbonyl (C=O) groups excluding carboxylic acids is 1. The third-order valence-corrected chi connectivity index (χ3v) is 4.92. The van der Waals surface area contributed by atoms with Gasteiger partial charge in [0.25, 0.3) is 0 Å². The van der Waals surface area contributed by atoms with E-state index in [1.807, 2.05) is 29.6 Å². The van der Waals surface area contributed by atoms with Crippen molar-refractivity contribution in [2.24, 2.45) is 11.1 Å². The maximum absolute atomic E-state index is 12.7. The Morgan fingerprint density at radius 3 is 2.96 bits per heavy atom. The summed E-state index contributed by atoms with van der Waals surface area (Å²) in [6.45, 7) is 1.87. The highest BCUT2D eigenvalue weighted by Crippen LogP contribution is 2.31. The highest BCUT2D eigenvalue weighted by molar-refractivity contribution is 7.07.